The van der Waals surface area contributed by atoms with Gasteiger partial charge in [-0.1, -0.05) is 0 Å². The van der Waals surface area contributed by atoms with Crippen LogP contribution < -0.4 is 5.73 Å². The van der Waals surface area contributed by atoms with E-state index in [1.807, 2.05) is 6.92 Å². The van der Waals surface area contributed by atoms with E-state index >= 15 is 0 Å². The Balaban J connectivity index is 2.27. The summed E-state index contributed by atoms with van der Waals surface area (Å²) < 4.78 is 6.11. The predicted octanol–water partition coefficient (Wildman–Crippen LogP) is 2.02. The van der Waals surface area contributed by atoms with Crippen LogP contribution in [0.5, 0.6) is 0 Å². The van der Waals surface area contributed by atoms with Gasteiger partial charge in [0, 0.05) is 19.1 Å². The summed E-state index contributed by atoms with van der Waals surface area (Å²) in [6, 6.07) is 0. The van der Waals surface area contributed by atoms with Crippen LogP contribution in [0.15, 0.2) is 4.47 Å². The minimum absolute atomic E-state index is 0.396. The summed E-state index contributed by atoms with van der Waals surface area (Å²) in [5.74, 6) is 1.79. The molecule has 0 unspecified atom stereocenters. The largest absolute Gasteiger partial charge is 0.383 e. The van der Waals surface area contributed by atoms with E-state index in [1.165, 1.54) is 0 Å². The molecule has 1 fully saturated rings. The number of anilines is 1. The Morgan fingerprint density at radius 1 is 1.33 bits per heavy atom. The van der Waals surface area contributed by atoms with Gasteiger partial charge in [-0.15, -0.1) is 0 Å². The van der Waals surface area contributed by atoms with Crippen LogP contribution in [0.1, 0.15) is 30.3 Å². The zero-order chi connectivity index (χ0) is 10.8. The molecule has 82 valence electrons. The lowest BCUT2D eigenvalue weighted by molar-refractivity contribution is 0.0835. The maximum atomic E-state index is 5.80. The molecule has 1 saturated heterocycles. The lowest BCUT2D eigenvalue weighted by atomic mass is 9.99. The van der Waals surface area contributed by atoms with Crippen LogP contribution >= 0.6 is 15.9 Å². The SMILES string of the molecule is Cc1nc(C2CCOCC2)nc(N)c1Br. The third kappa shape index (κ3) is 2.29. The fraction of sp³-hybridized carbons (Fsp3) is 0.600. The first-order valence-corrected chi connectivity index (χ1v) is 5.85. The molecule has 0 spiro atoms. The van der Waals surface area contributed by atoms with Gasteiger partial charge in [-0.25, -0.2) is 9.97 Å². The summed E-state index contributed by atoms with van der Waals surface area (Å²) in [6.45, 7) is 3.52. The summed E-state index contributed by atoms with van der Waals surface area (Å²) in [4.78, 5) is 8.79. The number of nitrogens with two attached hydrogens (primary N) is 1. The predicted molar refractivity (Wildman–Crippen MR) is 61.7 cm³/mol. The van der Waals surface area contributed by atoms with E-state index in [2.05, 4.69) is 25.9 Å². The van der Waals surface area contributed by atoms with E-state index in [0.29, 0.717) is 11.7 Å². The van der Waals surface area contributed by atoms with E-state index < -0.39 is 0 Å². The third-order valence-electron chi connectivity index (χ3n) is 2.65. The van der Waals surface area contributed by atoms with Gasteiger partial charge in [-0.3, -0.25) is 0 Å². The Bertz CT molecular complexity index is 341. The van der Waals surface area contributed by atoms with Crippen LogP contribution in [0.4, 0.5) is 5.82 Å². The van der Waals surface area contributed by atoms with Crippen molar-refractivity contribution in [2.45, 2.75) is 25.7 Å². The van der Waals surface area contributed by atoms with E-state index in [4.69, 9.17) is 10.5 Å². The zero-order valence-electron chi connectivity index (χ0n) is 8.66. The van der Waals surface area contributed by atoms with Crippen molar-refractivity contribution in [1.29, 1.82) is 0 Å². The highest BCUT2D eigenvalue weighted by Crippen LogP contribution is 2.28. The van der Waals surface area contributed by atoms with Gasteiger partial charge in [-0.05, 0) is 35.7 Å². The van der Waals surface area contributed by atoms with Crippen molar-refractivity contribution in [2.24, 2.45) is 0 Å². The van der Waals surface area contributed by atoms with Crippen LogP contribution in [-0.2, 0) is 4.74 Å². The van der Waals surface area contributed by atoms with Crippen molar-refractivity contribution in [2.75, 3.05) is 18.9 Å². The first-order chi connectivity index (χ1) is 7.18. The van der Waals surface area contributed by atoms with Gasteiger partial charge in [0.15, 0.2) is 0 Å². The summed E-state index contributed by atoms with van der Waals surface area (Å²) in [7, 11) is 0. The van der Waals surface area contributed by atoms with Gasteiger partial charge in [-0.2, -0.15) is 0 Å². The average molecular weight is 272 g/mol. The maximum absolute atomic E-state index is 5.80. The van der Waals surface area contributed by atoms with Gasteiger partial charge in [0.2, 0.25) is 0 Å². The summed E-state index contributed by atoms with van der Waals surface area (Å²) in [5, 5.41) is 0. The topological polar surface area (TPSA) is 61.0 Å². The summed E-state index contributed by atoms with van der Waals surface area (Å²) in [5.41, 5.74) is 6.71. The second-order valence-corrected chi connectivity index (χ2v) is 4.55. The molecule has 0 saturated carbocycles. The monoisotopic (exact) mass is 271 g/mol. The molecule has 1 aliphatic heterocycles. The van der Waals surface area contributed by atoms with Gasteiger partial charge in [0.05, 0.1) is 10.2 Å². The standard InChI is InChI=1S/C10H14BrN3O/c1-6-8(11)9(12)14-10(13-6)7-2-4-15-5-3-7/h7H,2-5H2,1H3,(H2,12,13,14). The summed E-state index contributed by atoms with van der Waals surface area (Å²) >= 11 is 3.36. The molecule has 15 heavy (non-hydrogen) atoms. The highest BCUT2D eigenvalue weighted by Gasteiger charge is 2.20. The lowest BCUT2D eigenvalue weighted by Gasteiger charge is -2.21. The number of nitrogens with zero attached hydrogens (tertiary/aromatic N) is 2. The van der Waals surface area contributed by atoms with Crippen LogP contribution in [0.2, 0.25) is 0 Å². The molecule has 5 heteroatoms. The quantitative estimate of drug-likeness (QED) is 0.849. The van der Waals surface area contributed by atoms with E-state index in [-0.39, 0.29) is 0 Å². The van der Waals surface area contributed by atoms with Gasteiger partial charge >= 0.3 is 0 Å². The molecule has 2 N–H and O–H groups in total. The second kappa shape index (κ2) is 4.45. The van der Waals surface area contributed by atoms with E-state index in [0.717, 1.165) is 42.0 Å². The Hall–Kier alpha value is -0.680. The van der Waals surface area contributed by atoms with Crippen molar-refractivity contribution in [3.63, 3.8) is 0 Å². The molecule has 0 radical (unpaired) electrons. The number of ether oxygens (including phenoxy) is 1. The van der Waals surface area contributed by atoms with Crippen LogP contribution in [0, 0.1) is 6.92 Å². The second-order valence-electron chi connectivity index (χ2n) is 3.75. The molecule has 4 nitrogen and oxygen atoms in total. The van der Waals surface area contributed by atoms with Gasteiger partial charge in [0.1, 0.15) is 11.6 Å². The van der Waals surface area contributed by atoms with Crippen LogP contribution in [-0.4, -0.2) is 23.2 Å². The molecule has 2 heterocycles. The Morgan fingerprint density at radius 2 is 2.00 bits per heavy atom. The Labute approximate surface area is 97.4 Å². The number of halogens is 1. The minimum atomic E-state index is 0.396. The van der Waals surface area contributed by atoms with Gasteiger partial charge < -0.3 is 10.5 Å². The van der Waals surface area contributed by atoms with E-state index in [1.54, 1.807) is 0 Å². The van der Waals surface area contributed by atoms with Crippen molar-refractivity contribution in [1.82, 2.24) is 9.97 Å². The zero-order valence-corrected chi connectivity index (χ0v) is 10.2. The fourth-order valence-electron chi connectivity index (χ4n) is 1.74. The number of aromatic nitrogens is 2. The first kappa shape index (κ1) is 10.8. The molecule has 2 rings (SSSR count). The van der Waals surface area contributed by atoms with Crippen LogP contribution in [0.3, 0.4) is 0 Å². The van der Waals surface area contributed by atoms with Gasteiger partial charge in [0.25, 0.3) is 0 Å². The highest BCUT2D eigenvalue weighted by atomic mass is 79.9. The molecule has 0 amide bonds. The number of rotatable bonds is 1. The Morgan fingerprint density at radius 3 is 2.60 bits per heavy atom. The summed E-state index contributed by atoms with van der Waals surface area (Å²) in [6.07, 6.45) is 1.97. The molecular weight excluding hydrogens is 258 g/mol. The maximum Gasteiger partial charge on any atom is 0.141 e. The first-order valence-electron chi connectivity index (χ1n) is 5.05. The smallest absolute Gasteiger partial charge is 0.141 e. The molecule has 0 atom stereocenters. The van der Waals surface area contributed by atoms with Crippen molar-refractivity contribution in [3.05, 3.63) is 16.0 Å². The van der Waals surface area contributed by atoms with Crippen molar-refractivity contribution >= 4 is 21.7 Å². The minimum Gasteiger partial charge on any atom is -0.383 e. The number of nitrogen functional groups attached to an aromatic ring is 1. The molecule has 1 aromatic heterocycles. The molecular formula is C10H14BrN3O. The highest BCUT2D eigenvalue weighted by molar-refractivity contribution is 9.10. The number of hydrogen-bond acceptors (Lipinski definition) is 4. The number of hydrogen-bond donors (Lipinski definition) is 1. The lowest BCUT2D eigenvalue weighted by Crippen LogP contribution is -2.17. The molecule has 0 bridgehead atoms. The molecule has 1 aromatic rings. The van der Waals surface area contributed by atoms with Crippen molar-refractivity contribution in [3.8, 4) is 0 Å². The molecule has 0 aromatic carbocycles. The Kier molecular flexibility index (Phi) is 3.21. The molecule has 1 aliphatic rings. The van der Waals surface area contributed by atoms with Crippen molar-refractivity contribution < 1.29 is 4.74 Å². The normalized spacial score (nSPS) is 18.0. The fourth-order valence-corrected chi connectivity index (χ4v) is 1.92. The average Bonchev–Trinajstić information content (AvgIpc) is 2.26. The molecule has 0 aliphatic carbocycles. The number of aryl methyl sites for hydroxylation is 1. The third-order valence-corrected chi connectivity index (χ3v) is 3.63. The van der Waals surface area contributed by atoms with E-state index in [9.17, 15) is 0 Å². The van der Waals surface area contributed by atoms with Crippen LogP contribution in [0.25, 0.3) is 0 Å².